The lowest BCUT2D eigenvalue weighted by Gasteiger charge is -2.28. The van der Waals surface area contributed by atoms with Crippen LogP contribution in [-0.2, 0) is 4.74 Å². The van der Waals surface area contributed by atoms with Crippen molar-refractivity contribution >= 4 is 5.96 Å². The van der Waals surface area contributed by atoms with E-state index in [2.05, 4.69) is 29.5 Å². The van der Waals surface area contributed by atoms with Gasteiger partial charge in [-0.25, -0.2) is 0 Å². The van der Waals surface area contributed by atoms with Crippen LogP contribution in [0, 0.1) is 5.92 Å². The molecule has 0 aromatic heterocycles. The Hall–Kier alpha value is -0.810. The van der Waals surface area contributed by atoms with E-state index in [-0.39, 0.29) is 0 Å². The fraction of sp³-hybridized carbons (Fsp3) is 0.947. The molecule has 2 N–H and O–H groups in total. The van der Waals surface area contributed by atoms with Crippen molar-refractivity contribution in [2.45, 2.75) is 64.4 Å². The van der Waals surface area contributed by atoms with Gasteiger partial charge in [0.2, 0.25) is 0 Å². The van der Waals surface area contributed by atoms with E-state index < -0.39 is 0 Å². The Bertz CT molecular complexity index is 347. The number of ether oxygens (including phenoxy) is 1. The minimum atomic E-state index is 0.519. The average molecular weight is 339 g/mol. The van der Waals surface area contributed by atoms with Crippen molar-refractivity contribution in [3.63, 3.8) is 0 Å². The third-order valence-corrected chi connectivity index (χ3v) is 5.21. The first-order chi connectivity index (χ1) is 11.8. The zero-order valence-electron chi connectivity index (χ0n) is 15.9. The number of hydrogen-bond donors (Lipinski definition) is 2. The SMILES string of the molecule is CCNC(=NCC1CCN(C)CC1)NCCCOC1CCCCC1. The molecule has 2 fully saturated rings. The normalized spacial score (nSPS) is 21.8. The minimum Gasteiger partial charge on any atom is -0.378 e. The third-order valence-electron chi connectivity index (χ3n) is 5.21. The molecular weight excluding hydrogens is 300 g/mol. The molecule has 5 heteroatoms. The number of nitrogens with one attached hydrogen (secondary N) is 2. The fourth-order valence-corrected chi connectivity index (χ4v) is 3.57. The van der Waals surface area contributed by atoms with Gasteiger partial charge in [-0.2, -0.15) is 0 Å². The quantitative estimate of drug-likeness (QED) is 0.406. The first kappa shape index (κ1) is 19.5. The van der Waals surface area contributed by atoms with Crippen LogP contribution in [0.1, 0.15) is 58.3 Å². The molecule has 140 valence electrons. The molecule has 1 saturated carbocycles. The smallest absolute Gasteiger partial charge is 0.191 e. The van der Waals surface area contributed by atoms with Gasteiger partial charge in [0.25, 0.3) is 0 Å². The molecule has 0 amide bonds. The number of aliphatic imine (C=N–C) groups is 1. The van der Waals surface area contributed by atoms with E-state index in [0.29, 0.717) is 6.10 Å². The molecule has 1 heterocycles. The van der Waals surface area contributed by atoms with Gasteiger partial charge in [0.05, 0.1) is 6.10 Å². The molecule has 0 atom stereocenters. The van der Waals surface area contributed by atoms with Gasteiger partial charge in [-0.1, -0.05) is 19.3 Å². The second-order valence-electron chi connectivity index (χ2n) is 7.38. The minimum absolute atomic E-state index is 0.519. The summed E-state index contributed by atoms with van der Waals surface area (Å²) in [5.41, 5.74) is 0. The van der Waals surface area contributed by atoms with Crippen LogP contribution in [0.5, 0.6) is 0 Å². The molecule has 24 heavy (non-hydrogen) atoms. The molecule has 2 aliphatic rings. The summed E-state index contributed by atoms with van der Waals surface area (Å²) in [7, 11) is 2.21. The van der Waals surface area contributed by atoms with Gasteiger partial charge >= 0.3 is 0 Å². The Labute approximate surface area is 148 Å². The Morgan fingerprint density at radius 1 is 1.08 bits per heavy atom. The van der Waals surface area contributed by atoms with Crippen molar-refractivity contribution in [2.75, 3.05) is 46.4 Å². The van der Waals surface area contributed by atoms with Crippen LogP contribution in [0.4, 0.5) is 0 Å². The van der Waals surface area contributed by atoms with Gasteiger partial charge in [0.1, 0.15) is 0 Å². The number of piperidine rings is 1. The van der Waals surface area contributed by atoms with Crippen molar-refractivity contribution in [2.24, 2.45) is 10.9 Å². The Morgan fingerprint density at radius 2 is 1.83 bits per heavy atom. The lowest BCUT2D eigenvalue weighted by Crippen LogP contribution is -2.39. The molecule has 5 nitrogen and oxygen atoms in total. The first-order valence-electron chi connectivity index (χ1n) is 10.1. The van der Waals surface area contributed by atoms with Gasteiger partial charge in [-0.05, 0) is 65.1 Å². The zero-order chi connectivity index (χ0) is 17.0. The number of nitrogens with zero attached hydrogens (tertiary/aromatic N) is 2. The molecule has 0 spiro atoms. The molecule has 0 bridgehead atoms. The zero-order valence-corrected chi connectivity index (χ0v) is 15.9. The van der Waals surface area contributed by atoms with Crippen LogP contribution < -0.4 is 10.6 Å². The summed E-state index contributed by atoms with van der Waals surface area (Å²) in [5.74, 6) is 1.71. The summed E-state index contributed by atoms with van der Waals surface area (Å²) in [6, 6.07) is 0. The second kappa shape index (κ2) is 11.7. The number of rotatable bonds is 8. The Morgan fingerprint density at radius 3 is 2.54 bits per heavy atom. The standard InChI is InChI=1S/C19H38N4O/c1-3-20-19(22-16-17-10-13-23(2)14-11-17)21-12-7-15-24-18-8-5-4-6-9-18/h17-18H,3-16H2,1-2H3,(H2,20,21,22). The summed E-state index contributed by atoms with van der Waals surface area (Å²) in [6.45, 7) is 8.21. The van der Waals surface area contributed by atoms with Crippen molar-refractivity contribution < 1.29 is 4.74 Å². The van der Waals surface area contributed by atoms with E-state index in [1.807, 2.05) is 0 Å². The molecule has 0 aromatic carbocycles. The van der Waals surface area contributed by atoms with E-state index in [9.17, 15) is 0 Å². The Balaban J connectivity index is 1.58. The third kappa shape index (κ3) is 7.84. The van der Waals surface area contributed by atoms with E-state index in [0.717, 1.165) is 44.5 Å². The molecule has 2 rings (SSSR count). The molecule has 1 aliphatic heterocycles. The molecule has 1 aliphatic carbocycles. The van der Waals surface area contributed by atoms with Gasteiger partial charge < -0.3 is 20.3 Å². The predicted molar refractivity (Wildman–Crippen MR) is 102 cm³/mol. The highest BCUT2D eigenvalue weighted by atomic mass is 16.5. The maximum atomic E-state index is 5.98. The largest absolute Gasteiger partial charge is 0.378 e. The number of guanidine groups is 1. The van der Waals surface area contributed by atoms with Crippen LogP contribution in [0.25, 0.3) is 0 Å². The van der Waals surface area contributed by atoms with Crippen molar-refractivity contribution in [1.29, 1.82) is 0 Å². The van der Waals surface area contributed by atoms with Crippen LogP contribution in [0.2, 0.25) is 0 Å². The number of likely N-dealkylation sites (tertiary alicyclic amines) is 1. The highest BCUT2D eigenvalue weighted by Crippen LogP contribution is 2.20. The first-order valence-corrected chi connectivity index (χ1v) is 10.1. The van der Waals surface area contributed by atoms with Crippen molar-refractivity contribution in [3.8, 4) is 0 Å². The van der Waals surface area contributed by atoms with Gasteiger partial charge in [-0.15, -0.1) is 0 Å². The monoisotopic (exact) mass is 338 g/mol. The van der Waals surface area contributed by atoms with E-state index in [1.54, 1.807) is 0 Å². The molecule has 1 saturated heterocycles. The maximum absolute atomic E-state index is 5.98. The van der Waals surface area contributed by atoms with Gasteiger partial charge in [-0.3, -0.25) is 4.99 Å². The van der Waals surface area contributed by atoms with Crippen LogP contribution in [0.15, 0.2) is 4.99 Å². The predicted octanol–water partition coefficient (Wildman–Crippen LogP) is 2.62. The summed E-state index contributed by atoms with van der Waals surface area (Å²) in [5, 5.41) is 6.81. The van der Waals surface area contributed by atoms with Gasteiger partial charge in [0, 0.05) is 26.2 Å². The summed E-state index contributed by atoms with van der Waals surface area (Å²) < 4.78 is 5.98. The molecular formula is C19H38N4O. The topological polar surface area (TPSA) is 48.9 Å². The number of hydrogen-bond acceptors (Lipinski definition) is 3. The molecule has 0 aromatic rings. The highest BCUT2D eigenvalue weighted by Gasteiger charge is 2.16. The lowest BCUT2D eigenvalue weighted by molar-refractivity contribution is 0.0277. The summed E-state index contributed by atoms with van der Waals surface area (Å²) in [6.07, 6.45) is 10.7. The second-order valence-corrected chi connectivity index (χ2v) is 7.38. The fourth-order valence-electron chi connectivity index (χ4n) is 3.57. The molecule has 0 radical (unpaired) electrons. The van der Waals surface area contributed by atoms with E-state index in [1.165, 1.54) is 58.0 Å². The average Bonchev–Trinajstić information content (AvgIpc) is 2.61. The van der Waals surface area contributed by atoms with Crippen molar-refractivity contribution in [1.82, 2.24) is 15.5 Å². The van der Waals surface area contributed by atoms with Crippen LogP contribution >= 0.6 is 0 Å². The highest BCUT2D eigenvalue weighted by molar-refractivity contribution is 5.79. The summed E-state index contributed by atoms with van der Waals surface area (Å²) >= 11 is 0. The van der Waals surface area contributed by atoms with Crippen LogP contribution in [0.3, 0.4) is 0 Å². The summed E-state index contributed by atoms with van der Waals surface area (Å²) in [4.78, 5) is 7.20. The Kier molecular flexibility index (Phi) is 9.51. The van der Waals surface area contributed by atoms with Crippen LogP contribution in [-0.4, -0.2) is 63.3 Å². The maximum Gasteiger partial charge on any atom is 0.191 e. The van der Waals surface area contributed by atoms with E-state index >= 15 is 0 Å². The van der Waals surface area contributed by atoms with Gasteiger partial charge in [0.15, 0.2) is 5.96 Å². The lowest BCUT2D eigenvalue weighted by atomic mass is 9.97. The van der Waals surface area contributed by atoms with Crippen molar-refractivity contribution in [3.05, 3.63) is 0 Å². The molecule has 0 unspecified atom stereocenters. The van der Waals surface area contributed by atoms with E-state index in [4.69, 9.17) is 9.73 Å².